The van der Waals surface area contributed by atoms with Crippen LogP contribution in [0, 0.1) is 11.8 Å². The van der Waals surface area contributed by atoms with E-state index < -0.39 is 69.8 Å². The molecule has 40 heavy (non-hydrogen) atoms. The third-order valence-corrected chi connectivity index (χ3v) is 8.27. The number of hydrogen-bond acceptors (Lipinski definition) is 8. The molecule has 0 fully saturated rings. The lowest BCUT2D eigenvalue weighted by Crippen LogP contribution is -2.33. The van der Waals surface area contributed by atoms with Crippen LogP contribution in [0.2, 0.25) is 0 Å². The summed E-state index contributed by atoms with van der Waals surface area (Å²) in [6.45, 7) is 7.28. The second-order valence-electron chi connectivity index (χ2n) is 11.3. The van der Waals surface area contributed by atoms with Gasteiger partial charge in [-0.2, -0.15) is 0 Å². The number of allylic oxidation sites excluding steroid dienone is 8. The van der Waals surface area contributed by atoms with E-state index in [1.165, 1.54) is 0 Å². The Morgan fingerprint density at radius 2 is 1.20 bits per heavy atom. The van der Waals surface area contributed by atoms with Crippen LogP contribution in [0.25, 0.3) is 0 Å². The Hall–Kier alpha value is -4.72. The van der Waals surface area contributed by atoms with Crippen LogP contribution >= 0.6 is 0 Å². The molecule has 0 spiro atoms. The number of ketones is 4. The standard InChI is InChI=1S/C32H26O8/c1-11(2)9-13-19-20(28-21(13)29(37)23-15(33)5-7-17(35)25(23)32(28)40)14(10-12(3)4)22-27(19)31(39)26-18(36)8-6-16(34)24(26)30(22)38/h5-10,13-14,19,21,33,35,38-39H,1-4H3/t13-,14-,19-,21+/m1/s1. The Bertz CT molecular complexity index is 1760. The zero-order chi connectivity index (χ0) is 28.9. The number of aromatic hydroxyl groups is 4. The summed E-state index contributed by atoms with van der Waals surface area (Å²) in [4.78, 5) is 53.9. The quantitative estimate of drug-likeness (QED) is 0.302. The normalized spacial score (nSPS) is 23.9. The van der Waals surface area contributed by atoms with Crippen molar-refractivity contribution in [1.82, 2.24) is 0 Å². The van der Waals surface area contributed by atoms with Crippen molar-refractivity contribution < 1.29 is 39.6 Å². The van der Waals surface area contributed by atoms with Crippen molar-refractivity contribution in [3.8, 4) is 23.0 Å². The van der Waals surface area contributed by atoms with Crippen molar-refractivity contribution in [2.75, 3.05) is 0 Å². The predicted octanol–water partition coefficient (Wildman–Crippen LogP) is 5.18. The molecule has 0 radical (unpaired) electrons. The van der Waals surface area contributed by atoms with E-state index in [1.54, 1.807) is 6.08 Å². The maximum atomic E-state index is 14.1. The zero-order valence-corrected chi connectivity index (χ0v) is 22.2. The highest BCUT2D eigenvalue weighted by atomic mass is 16.3. The first-order valence-corrected chi connectivity index (χ1v) is 12.9. The van der Waals surface area contributed by atoms with Gasteiger partial charge in [-0.05, 0) is 57.6 Å². The molecule has 2 aromatic carbocycles. The maximum Gasteiger partial charge on any atom is 0.194 e. The van der Waals surface area contributed by atoms with E-state index in [-0.39, 0.29) is 39.0 Å². The van der Waals surface area contributed by atoms with E-state index in [1.807, 2.05) is 33.8 Å². The smallest absolute Gasteiger partial charge is 0.194 e. The molecule has 0 saturated carbocycles. The van der Waals surface area contributed by atoms with E-state index >= 15 is 0 Å². The van der Waals surface area contributed by atoms with E-state index in [4.69, 9.17) is 0 Å². The molecule has 4 aliphatic carbocycles. The van der Waals surface area contributed by atoms with Gasteiger partial charge in [0.05, 0.1) is 28.2 Å². The summed E-state index contributed by atoms with van der Waals surface area (Å²) in [6, 6.07) is 2.31. The SMILES string of the molecule is CC(C)=C[C@H]1[C@@H]2C(=O)c3c(O)ccc(O)c3C(=O)C2=C2[C@@H](C=C(C)C)c3c(O)c4c(c(O)c3[C@@H]21)C(=O)C=CC4=O. The maximum absolute atomic E-state index is 14.1. The highest BCUT2D eigenvalue weighted by Gasteiger charge is 2.58. The number of carbonyl (C=O) groups is 4. The second-order valence-corrected chi connectivity index (χ2v) is 11.3. The summed E-state index contributed by atoms with van der Waals surface area (Å²) >= 11 is 0. The summed E-state index contributed by atoms with van der Waals surface area (Å²) in [6.07, 6.45) is 5.68. The lowest BCUT2D eigenvalue weighted by Gasteiger charge is -2.29. The number of benzene rings is 2. The van der Waals surface area contributed by atoms with E-state index in [0.717, 1.165) is 35.4 Å². The molecule has 0 heterocycles. The van der Waals surface area contributed by atoms with Crippen molar-refractivity contribution >= 4 is 23.1 Å². The minimum atomic E-state index is -1.04. The average molecular weight is 539 g/mol. The van der Waals surface area contributed by atoms with Crippen LogP contribution in [-0.4, -0.2) is 43.6 Å². The average Bonchev–Trinajstić information content (AvgIpc) is 3.37. The largest absolute Gasteiger partial charge is 0.507 e. The van der Waals surface area contributed by atoms with Crippen molar-refractivity contribution in [3.05, 3.63) is 92.1 Å². The number of Topliss-reactive ketones (excluding diaryl/α,β-unsaturated/α-hetero) is 2. The van der Waals surface area contributed by atoms with Gasteiger partial charge in [0.15, 0.2) is 23.1 Å². The first-order valence-electron chi connectivity index (χ1n) is 12.9. The molecule has 0 unspecified atom stereocenters. The molecule has 8 heteroatoms. The van der Waals surface area contributed by atoms with E-state index in [2.05, 4.69) is 0 Å². The molecule has 4 aliphatic rings. The Balaban J connectivity index is 1.77. The molecule has 4 atom stereocenters. The van der Waals surface area contributed by atoms with Gasteiger partial charge in [0.25, 0.3) is 0 Å². The molecule has 0 aromatic heterocycles. The third kappa shape index (κ3) is 3.13. The molecule has 2 aromatic rings. The third-order valence-electron chi connectivity index (χ3n) is 8.27. The Morgan fingerprint density at radius 1 is 0.675 bits per heavy atom. The van der Waals surface area contributed by atoms with Crippen LogP contribution < -0.4 is 0 Å². The molecule has 4 N–H and O–H groups in total. The molecule has 6 rings (SSSR count). The molecule has 0 saturated heterocycles. The van der Waals surface area contributed by atoms with Crippen LogP contribution in [0.5, 0.6) is 23.0 Å². The zero-order valence-electron chi connectivity index (χ0n) is 22.2. The number of fused-ring (bicyclic) bond motifs is 6. The number of rotatable bonds is 2. The first-order chi connectivity index (χ1) is 18.9. The summed E-state index contributed by atoms with van der Waals surface area (Å²) < 4.78 is 0. The van der Waals surface area contributed by atoms with Crippen LogP contribution in [0.4, 0.5) is 0 Å². The highest BCUT2D eigenvalue weighted by molar-refractivity contribution is 6.27. The molecule has 0 aliphatic heterocycles. The fourth-order valence-electron chi connectivity index (χ4n) is 7.00. The Kier molecular flexibility index (Phi) is 5.36. The summed E-state index contributed by atoms with van der Waals surface area (Å²) in [5, 5.41) is 44.3. The van der Waals surface area contributed by atoms with Gasteiger partial charge < -0.3 is 20.4 Å². The van der Waals surface area contributed by atoms with Gasteiger partial charge in [0, 0.05) is 34.5 Å². The number of phenolic OH excluding ortho intramolecular Hbond substituents is 4. The fourth-order valence-corrected chi connectivity index (χ4v) is 7.00. The molecular formula is C32H26O8. The molecule has 0 bridgehead atoms. The van der Waals surface area contributed by atoms with Gasteiger partial charge in [-0.3, -0.25) is 19.2 Å². The lowest BCUT2D eigenvalue weighted by molar-refractivity contribution is 0.0860. The van der Waals surface area contributed by atoms with Crippen LogP contribution in [0.3, 0.4) is 0 Å². The summed E-state index contributed by atoms with van der Waals surface area (Å²) in [7, 11) is 0. The molecule has 8 nitrogen and oxygen atoms in total. The molecular weight excluding hydrogens is 512 g/mol. The van der Waals surface area contributed by atoms with Crippen molar-refractivity contribution in [1.29, 1.82) is 0 Å². The molecule has 0 amide bonds. The number of phenols is 4. The van der Waals surface area contributed by atoms with Gasteiger partial charge in [-0.1, -0.05) is 23.3 Å². The molecule has 202 valence electrons. The van der Waals surface area contributed by atoms with Crippen molar-refractivity contribution in [2.24, 2.45) is 11.8 Å². The van der Waals surface area contributed by atoms with Crippen LogP contribution in [0.1, 0.15) is 92.1 Å². The Labute approximate surface area is 229 Å². The minimum Gasteiger partial charge on any atom is -0.507 e. The fraction of sp³-hybridized carbons (Fsp3) is 0.250. The first kappa shape index (κ1) is 25.6. The van der Waals surface area contributed by atoms with Crippen LogP contribution in [-0.2, 0) is 0 Å². The highest BCUT2D eigenvalue weighted by Crippen LogP contribution is 2.66. The van der Waals surface area contributed by atoms with Crippen molar-refractivity contribution in [3.63, 3.8) is 0 Å². The Morgan fingerprint density at radius 3 is 1.75 bits per heavy atom. The number of carbonyl (C=O) groups excluding carboxylic acids is 4. The predicted molar refractivity (Wildman–Crippen MR) is 144 cm³/mol. The summed E-state index contributed by atoms with van der Waals surface area (Å²) in [5.41, 5.74) is 1.44. The summed E-state index contributed by atoms with van der Waals surface area (Å²) in [5.74, 6) is -7.60. The van der Waals surface area contributed by atoms with Gasteiger partial charge in [0.1, 0.15) is 23.0 Å². The van der Waals surface area contributed by atoms with Crippen LogP contribution in [0.15, 0.2) is 58.7 Å². The van der Waals surface area contributed by atoms with Gasteiger partial charge in [-0.15, -0.1) is 0 Å². The van der Waals surface area contributed by atoms with Gasteiger partial charge >= 0.3 is 0 Å². The van der Waals surface area contributed by atoms with Crippen molar-refractivity contribution in [2.45, 2.75) is 39.5 Å². The van der Waals surface area contributed by atoms with E-state index in [9.17, 15) is 39.6 Å². The monoisotopic (exact) mass is 538 g/mol. The number of hydrogen-bond donors (Lipinski definition) is 4. The second kappa shape index (κ2) is 8.39. The lowest BCUT2D eigenvalue weighted by atomic mass is 9.71. The van der Waals surface area contributed by atoms with Gasteiger partial charge in [-0.25, -0.2) is 0 Å². The van der Waals surface area contributed by atoms with E-state index in [0.29, 0.717) is 5.57 Å². The van der Waals surface area contributed by atoms with Gasteiger partial charge in [0.2, 0.25) is 0 Å². The minimum absolute atomic E-state index is 0.122. The topological polar surface area (TPSA) is 149 Å².